The van der Waals surface area contributed by atoms with E-state index in [1.165, 1.54) is 6.39 Å². The molecular formula is C8H14N2O. The molecule has 62 valence electrons. The lowest BCUT2D eigenvalue weighted by Crippen LogP contribution is -2.21. The van der Waals surface area contributed by atoms with Gasteiger partial charge in [0.05, 0.1) is 0 Å². The molecule has 0 N–H and O–H groups in total. The van der Waals surface area contributed by atoms with Crippen LogP contribution in [0.5, 0.6) is 0 Å². The Labute approximate surface area is 66.8 Å². The third-order valence-corrected chi connectivity index (χ3v) is 2.46. The van der Waals surface area contributed by atoms with E-state index in [4.69, 9.17) is 4.52 Å². The van der Waals surface area contributed by atoms with Crippen LogP contribution in [-0.2, 0) is 5.41 Å². The van der Waals surface area contributed by atoms with Crippen molar-refractivity contribution >= 4 is 0 Å². The summed E-state index contributed by atoms with van der Waals surface area (Å²) >= 11 is 0. The molecule has 0 radical (unpaired) electrons. The van der Waals surface area contributed by atoms with Crippen molar-refractivity contribution in [1.82, 2.24) is 10.1 Å². The monoisotopic (exact) mass is 154 g/mol. The van der Waals surface area contributed by atoms with Crippen molar-refractivity contribution in [3.8, 4) is 0 Å². The molecule has 0 aliphatic rings. The average Bonchev–Trinajstić information content (AvgIpc) is 2.55. The second kappa shape index (κ2) is 3.03. The highest BCUT2D eigenvalue weighted by atomic mass is 16.5. The standard InChI is InChI=1S/C8H14N2O/c1-4-8(3,5-2)7-9-6-11-10-7/h6H,4-5H2,1-3H3. The van der Waals surface area contributed by atoms with Crippen LogP contribution in [0.2, 0.25) is 0 Å². The molecule has 1 rings (SSSR count). The van der Waals surface area contributed by atoms with Gasteiger partial charge in [-0.15, -0.1) is 0 Å². The zero-order valence-corrected chi connectivity index (χ0v) is 7.29. The number of nitrogens with zero attached hydrogens (tertiary/aromatic N) is 2. The second-order valence-corrected chi connectivity index (χ2v) is 3.02. The van der Waals surface area contributed by atoms with E-state index in [2.05, 4.69) is 30.9 Å². The van der Waals surface area contributed by atoms with Crippen LogP contribution >= 0.6 is 0 Å². The molecule has 0 aromatic carbocycles. The summed E-state index contributed by atoms with van der Waals surface area (Å²) in [6, 6.07) is 0. The van der Waals surface area contributed by atoms with Gasteiger partial charge in [0.25, 0.3) is 0 Å². The van der Waals surface area contributed by atoms with Crippen LogP contribution in [0.3, 0.4) is 0 Å². The Hall–Kier alpha value is -0.860. The molecule has 0 fully saturated rings. The SMILES string of the molecule is CCC(C)(CC)c1ncon1. The van der Waals surface area contributed by atoms with E-state index in [1.807, 2.05) is 0 Å². The Morgan fingerprint density at radius 2 is 2.09 bits per heavy atom. The molecule has 3 heteroatoms. The summed E-state index contributed by atoms with van der Waals surface area (Å²) < 4.78 is 4.70. The average molecular weight is 154 g/mol. The van der Waals surface area contributed by atoms with Gasteiger partial charge in [-0.2, -0.15) is 4.98 Å². The zero-order valence-electron chi connectivity index (χ0n) is 7.29. The molecule has 0 aliphatic carbocycles. The van der Waals surface area contributed by atoms with Crippen LogP contribution in [0.4, 0.5) is 0 Å². The first-order chi connectivity index (χ1) is 5.23. The summed E-state index contributed by atoms with van der Waals surface area (Å²) in [4.78, 5) is 4.05. The number of hydrogen-bond donors (Lipinski definition) is 0. The lowest BCUT2D eigenvalue weighted by atomic mass is 9.84. The second-order valence-electron chi connectivity index (χ2n) is 3.02. The Morgan fingerprint density at radius 1 is 1.45 bits per heavy atom. The molecular weight excluding hydrogens is 140 g/mol. The maximum atomic E-state index is 4.70. The van der Waals surface area contributed by atoms with Crippen LogP contribution in [0.1, 0.15) is 39.4 Å². The lowest BCUT2D eigenvalue weighted by molar-refractivity contribution is 0.360. The van der Waals surface area contributed by atoms with Crippen LogP contribution in [0.15, 0.2) is 10.9 Å². The molecule has 11 heavy (non-hydrogen) atoms. The van der Waals surface area contributed by atoms with Gasteiger partial charge in [0.15, 0.2) is 5.82 Å². The molecule has 1 aromatic heterocycles. The minimum absolute atomic E-state index is 0.0903. The third-order valence-electron chi connectivity index (χ3n) is 2.46. The van der Waals surface area contributed by atoms with E-state index in [0.717, 1.165) is 18.7 Å². The summed E-state index contributed by atoms with van der Waals surface area (Å²) in [5.74, 6) is 0.822. The minimum Gasteiger partial charge on any atom is -0.343 e. The van der Waals surface area contributed by atoms with Crippen molar-refractivity contribution in [2.24, 2.45) is 0 Å². The Morgan fingerprint density at radius 3 is 2.45 bits per heavy atom. The lowest BCUT2D eigenvalue weighted by Gasteiger charge is -2.21. The van der Waals surface area contributed by atoms with E-state index in [-0.39, 0.29) is 5.41 Å². The molecule has 0 atom stereocenters. The summed E-state index contributed by atoms with van der Waals surface area (Å²) in [6.07, 6.45) is 3.48. The van der Waals surface area contributed by atoms with Crippen LogP contribution in [0.25, 0.3) is 0 Å². The van der Waals surface area contributed by atoms with Crippen molar-refractivity contribution < 1.29 is 4.52 Å². The predicted molar refractivity (Wildman–Crippen MR) is 42.2 cm³/mol. The van der Waals surface area contributed by atoms with Gasteiger partial charge in [-0.3, -0.25) is 0 Å². The molecule has 3 nitrogen and oxygen atoms in total. The van der Waals surface area contributed by atoms with Crippen LogP contribution in [0, 0.1) is 0 Å². The van der Waals surface area contributed by atoms with E-state index in [9.17, 15) is 0 Å². The highest BCUT2D eigenvalue weighted by Gasteiger charge is 2.26. The third kappa shape index (κ3) is 1.42. The first-order valence-electron chi connectivity index (χ1n) is 4.00. The number of aromatic nitrogens is 2. The molecule has 0 unspecified atom stereocenters. The van der Waals surface area contributed by atoms with E-state index >= 15 is 0 Å². The van der Waals surface area contributed by atoms with E-state index in [0.29, 0.717) is 0 Å². The summed E-state index contributed by atoms with van der Waals surface area (Å²) in [5.41, 5.74) is 0.0903. The molecule has 0 aliphatic heterocycles. The van der Waals surface area contributed by atoms with Crippen LogP contribution < -0.4 is 0 Å². The topological polar surface area (TPSA) is 38.9 Å². The van der Waals surface area contributed by atoms with Gasteiger partial charge >= 0.3 is 0 Å². The first-order valence-corrected chi connectivity index (χ1v) is 4.00. The smallest absolute Gasteiger partial charge is 0.213 e. The van der Waals surface area contributed by atoms with Crippen molar-refractivity contribution in [1.29, 1.82) is 0 Å². The van der Waals surface area contributed by atoms with E-state index < -0.39 is 0 Å². The summed E-state index contributed by atoms with van der Waals surface area (Å²) in [5, 5.41) is 3.84. The van der Waals surface area contributed by atoms with Gasteiger partial charge in [-0.1, -0.05) is 25.9 Å². The van der Waals surface area contributed by atoms with Gasteiger partial charge in [-0.05, 0) is 12.8 Å². The van der Waals surface area contributed by atoms with Crippen molar-refractivity contribution in [3.05, 3.63) is 12.2 Å². The van der Waals surface area contributed by atoms with Gasteiger partial charge in [-0.25, -0.2) is 0 Å². The molecule has 1 heterocycles. The normalized spacial score (nSPS) is 11.9. The Balaban J connectivity index is 2.87. The Bertz CT molecular complexity index is 202. The maximum Gasteiger partial charge on any atom is 0.213 e. The first kappa shape index (κ1) is 8.24. The molecule has 0 spiro atoms. The zero-order chi connectivity index (χ0) is 8.32. The fraction of sp³-hybridized carbons (Fsp3) is 0.750. The molecule has 0 saturated heterocycles. The largest absolute Gasteiger partial charge is 0.343 e. The van der Waals surface area contributed by atoms with Crippen molar-refractivity contribution in [2.45, 2.75) is 39.0 Å². The highest BCUT2D eigenvalue weighted by molar-refractivity contribution is 5.01. The maximum absolute atomic E-state index is 4.70. The molecule has 0 bridgehead atoms. The predicted octanol–water partition coefficient (Wildman–Crippen LogP) is 2.15. The Kier molecular flexibility index (Phi) is 2.27. The molecule has 0 amide bonds. The summed E-state index contributed by atoms with van der Waals surface area (Å²) in [7, 11) is 0. The minimum atomic E-state index is 0.0903. The number of rotatable bonds is 3. The van der Waals surface area contributed by atoms with Crippen molar-refractivity contribution in [2.75, 3.05) is 0 Å². The summed E-state index contributed by atoms with van der Waals surface area (Å²) in [6.45, 7) is 6.43. The fourth-order valence-electron chi connectivity index (χ4n) is 1.00. The van der Waals surface area contributed by atoms with Gasteiger partial charge < -0.3 is 4.52 Å². The van der Waals surface area contributed by atoms with Gasteiger partial charge in [0, 0.05) is 5.41 Å². The highest BCUT2D eigenvalue weighted by Crippen LogP contribution is 2.27. The quantitative estimate of drug-likeness (QED) is 0.669. The van der Waals surface area contributed by atoms with E-state index in [1.54, 1.807) is 0 Å². The fourth-order valence-corrected chi connectivity index (χ4v) is 1.00. The van der Waals surface area contributed by atoms with Crippen molar-refractivity contribution in [3.63, 3.8) is 0 Å². The number of hydrogen-bond acceptors (Lipinski definition) is 3. The van der Waals surface area contributed by atoms with Crippen LogP contribution in [-0.4, -0.2) is 10.1 Å². The molecule has 0 saturated carbocycles. The van der Waals surface area contributed by atoms with Gasteiger partial charge in [0.2, 0.25) is 6.39 Å². The van der Waals surface area contributed by atoms with Gasteiger partial charge in [0.1, 0.15) is 0 Å². The molecule has 1 aromatic rings.